The van der Waals surface area contributed by atoms with E-state index >= 15 is 0 Å². The minimum atomic E-state index is -0.799. The summed E-state index contributed by atoms with van der Waals surface area (Å²) in [6, 6.07) is 4.90. The summed E-state index contributed by atoms with van der Waals surface area (Å²) >= 11 is 0. The first kappa shape index (κ1) is 17.0. The third-order valence-electron chi connectivity index (χ3n) is 2.91. The Kier molecular flexibility index (Phi) is 6.17. The van der Waals surface area contributed by atoms with Crippen molar-refractivity contribution in [3.8, 4) is 5.75 Å². The van der Waals surface area contributed by atoms with Gasteiger partial charge >= 0.3 is 6.03 Å². The highest BCUT2D eigenvalue weighted by Crippen LogP contribution is 2.26. The van der Waals surface area contributed by atoms with Crippen molar-refractivity contribution in [1.29, 1.82) is 0 Å². The summed E-state index contributed by atoms with van der Waals surface area (Å²) in [7, 11) is 0. The third kappa shape index (κ3) is 5.07. The molecule has 0 spiro atoms. The molecule has 1 unspecified atom stereocenters. The number of hydrogen-bond donors (Lipinski definition) is 3. The molecule has 6 nitrogen and oxygen atoms in total. The third-order valence-corrected chi connectivity index (χ3v) is 2.91. The minimum Gasteiger partial charge on any atom is -0.481 e. The number of aryl methyl sites for hydroxylation is 1. The van der Waals surface area contributed by atoms with Crippen LogP contribution in [-0.2, 0) is 4.79 Å². The summed E-state index contributed by atoms with van der Waals surface area (Å²) in [6.07, 6.45) is -0.799. The first-order valence-corrected chi connectivity index (χ1v) is 6.96. The van der Waals surface area contributed by atoms with E-state index in [1.54, 1.807) is 13.8 Å². The molecule has 0 aliphatic rings. The van der Waals surface area contributed by atoms with Gasteiger partial charge in [0, 0.05) is 18.2 Å². The number of amides is 3. The number of hydrogen-bond acceptors (Lipinski definition) is 4. The molecule has 1 aromatic carbocycles. The van der Waals surface area contributed by atoms with E-state index in [4.69, 9.17) is 10.5 Å². The monoisotopic (exact) mass is 293 g/mol. The molecule has 0 saturated carbocycles. The van der Waals surface area contributed by atoms with E-state index in [2.05, 4.69) is 10.6 Å². The lowest BCUT2D eigenvalue weighted by Gasteiger charge is -2.19. The topological polar surface area (TPSA) is 93.5 Å². The number of ether oxygens (including phenoxy) is 1. The zero-order valence-corrected chi connectivity index (χ0v) is 12.9. The molecule has 4 N–H and O–H groups in total. The lowest BCUT2D eigenvalue weighted by Crippen LogP contribution is -2.45. The molecule has 0 aliphatic heterocycles. The van der Waals surface area contributed by atoms with Gasteiger partial charge in [-0.1, -0.05) is 12.1 Å². The first-order valence-electron chi connectivity index (χ1n) is 6.96. The minimum absolute atomic E-state index is 0.209. The number of carbonyl (C=O) groups excluding carboxylic acids is 2. The summed E-state index contributed by atoms with van der Waals surface area (Å²) < 4.78 is 5.66. The summed E-state index contributed by atoms with van der Waals surface area (Å²) in [5, 5.41) is 4.71. The van der Waals surface area contributed by atoms with E-state index in [-0.39, 0.29) is 6.04 Å². The molecule has 0 aliphatic carbocycles. The van der Waals surface area contributed by atoms with Crippen molar-refractivity contribution < 1.29 is 14.3 Å². The van der Waals surface area contributed by atoms with Crippen molar-refractivity contribution in [3.63, 3.8) is 0 Å². The van der Waals surface area contributed by atoms with Crippen LogP contribution in [0.25, 0.3) is 0 Å². The van der Waals surface area contributed by atoms with E-state index in [1.165, 1.54) is 0 Å². The predicted octanol–water partition coefficient (Wildman–Crippen LogP) is 1.63. The molecule has 0 bridgehead atoms. The molecule has 6 heteroatoms. The van der Waals surface area contributed by atoms with Gasteiger partial charge in [-0.25, -0.2) is 4.79 Å². The summed E-state index contributed by atoms with van der Waals surface area (Å²) in [5.74, 6) is 0.0571. The average molecular weight is 293 g/mol. The molecule has 3 amide bonds. The van der Waals surface area contributed by atoms with Gasteiger partial charge in [-0.3, -0.25) is 10.1 Å². The van der Waals surface area contributed by atoms with E-state index in [0.717, 1.165) is 11.1 Å². The van der Waals surface area contributed by atoms with E-state index in [9.17, 15) is 9.59 Å². The molecule has 0 fully saturated rings. The van der Waals surface area contributed by atoms with E-state index < -0.39 is 18.0 Å². The van der Waals surface area contributed by atoms with Crippen molar-refractivity contribution in [3.05, 3.63) is 29.3 Å². The zero-order valence-electron chi connectivity index (χ0n) is 12.9. The van der Waals surface area contributed by atoms with Crippen LogP contribution in [0.5, 0.6) is 5.75 Å². The number of urea groups is 1. The first-order chi connectivity index (χ1) is 9.85. The number of carbonyl (C=O) groups is 2. The van der Waals surface area contributed by atoms with Crippen LogP contribution >= 0.6 is 0 Å². The van der Waals surface area contributed by atoms with Gasteiger partial charge in [0.2, 0.25) is 0 Å². The van der Waals surface area contributed by atoms with Crippen LogP contribution < -0.4 is 21.1 Å². The van der Waals surface area contributed by atoms with E-state index in [0.29, 0.717) is 12.3 Å². The average Bonchev–Trinajstić information content (AvgIpc) is 2.38. The van der Waals surface area contributed by atoms with Crippen molar-refractivity contribution in [2.24, 2.45) is 5.73 Å². The highest BCUT2D eigenvalue weighted by molar-refractivity contribution is 5.96. The molecular formula is C15H23N3O3. The molecule has 0 heterocycles. The zero-order chi connectivity index (χ0) is 16.0. The van der Waals surface area contributed by atoms with Crippen LogP contribution in [0.2, 0.25) is 0 Å². The molecule has 1 aromatic rings. The smallest absolute Gasteiger partial charge is 0.321 e. The second kappa shape index (κ2) is 7.64. The maximum atomic E-state index is 11.9. The standard InChI is InChI=1S/C15H23N3O3/c1-5-17-15(20)18-14(19)11(4)21-13-8-9(2)6-7-12(13)10(3)16/h6-8,10-11H,5,16H2,1-4H3,(H2,17,18,19,20)/t10-,11?/m0/s1. The predicted molar refractivity (Wildman–Crippen MR) is 81.1 cm³/mol. The fourth-order valence-electron chi connectivity index (χ4n) is 1.78. The quantitative estimate of drug-likeness (QED) is 0.769. The molecule has 1 rings (SSSR count). The fourth-order valence-corrected chi connectivity index (χ4v) is 1.78. The lowest BCUT2D eigenvalue weighted by atomic mass is 10.1. The Morgan fingerprint density at radius 1 is 1.33 bits per heavy atom. The second-order valence-corrected chi connectivity index (χ2v) is 4.94. The van der Waals surface area contributed by atoms with Crippen LogP contribution in [0.4, 0.5) is 4.79 Å². The number of nitrogens with two attached hydrogens (primary N) is 1. The molecule has 2 atom stereocenters. The normalized spacial score (nSPS) is 13.2. The Morgan fingerprint density at radius 3 is 2.57 bits per heavy atom. The van der Waals surface area contributed by atoms with Crippen LogP contribution in [0.15, 0.2) is 18.2 Å². The summed E-state index contributed by atoms with van der Waals surface area (Å²) in [6.45, 7) is 7.57. The van der Waals surface area contributed by atoms with E-state index in [1.807, 2.05) is 32.0 Å². The molecular weight excluding hydrogens is 270 g/mol. The van der Waals surface area contributed by atoms with Gasteiger partial charge in [0.25, 0.3) is 5.91 Å². The van der Waals surface area contributed by atoms with Crippen LogP contribution in [0, 0.1) is 6.92 Å². The highest BCUT2D eigenvalue weighted by Gasteiger charge is 2.19. The Hall–Kier alpha value is -2.08. The summed E-state index contributed by atoms with van der Waals surface area (Å²) in [4.78, 5) is 23.2. The maximum absolute atomic E-state index is 11.9. The van der Waals surface area contributed by atoms with Crippen molar-refractivity contribution in [1.82, 2.24) is 10.6 Å². The summed E-state index contributed by atoms with van der Waals surface area (Å²) in [5.41, 5.74) is 7.72. The van der Waals surface area contributed by atoms with Gasteiger partial charge in [0.05, 0.1) is 0 Å². The van der Waals surface area contributed by atoms with Crippen LogP contribution in [0.3, 0.4) is 0 Å². The van der Waals surface area contributed by atoms with Gasteiger partial charge in [-0.15, -0.1) is 0 Å². The van der Waals surface area contributed by atoms with Crippen molar-refractivity contribution in [2.45, 2.75) is 39.8 Å². The lowest BCUT2D eigenvalue weighted by molar-refractivity contribution is -0.126. The Bertz CT molecular complexity index is 515. The van der Waals surface area contributed by atoms with Gasteiger partial charge in [-0.05, 0) is 39.3 Å². The van der Waals surface area contributed by atoms with Gasteiger partial charge in [0.1, 0.15) is 5.75 Å². The molecule has 0 aromatic heterocycles. The van der Waals surface area contributed by atoms with Gasteiger partial charge in [-0.2, -0.15) is 0 Å². The Morgan fingerprint density at radius 2 is 2.00 bits per heavy atom. The van der Waals surface area contributed by atoms with Crippen molar-refractivity contribution in [2.75, 3.05) is 6.54 Å². The second-order valence-electron chi connectivity index (χ2n) is 4.94. The number of rotatable bonds is 5. The SMILES string of the molecule is CCNC(=O)NC(=O)C(C)Oc1cc(C)ccc1[C@H](C)N. The molecule has 116 valence electrons. The largest absolute Gasteiger partial charge is 0.481 e. The van der Waals surface area contributed by atoms with Crippen LogP contribution in [-0.4, -0.2) is 24.6 Å². The van der Waals surface area contributed by atoms with Crippen molar-refractivity contribution >= 4 is 11.9 Å². The van der Waals surface area contributed by atoms with Gasteiger partial charge < -0.3 is 15.8 Å². The Labute approximate surface area is 125 Å². The van der Waals surface area contributed by atoms with Gasteiger partial charge in [0.15, 0.2) is 6.10 Å². The number of imide groups is 1. The van der Waals surface area contributed by atoms with Crippen LogP contribution in [0.1, 0.15) is 37.9 Å². The molecule has 0 radical (unpaired) electrons. The Balaban J connectivity index is 2.78. The maximum Gasteiger partial charge on any atom is 0.321 e. The number of nitrogens with one attached hydrogen (secondary N) is 2. The molecule has 0 saturated heterocycles. The number of benzene rings is 1. The molecule has 21 heavy (non-hydrogen) atoms. The fraction of sp³-hybridized carbons (Fsp3) is 0.467. The highest BCUT2D eigenvalue weighted by atomic mass is 16.5.